The number of aryl methyl sites for hydroxylation is 1. The third-order valence-electron chi connectivity index (χ3n) is 2.80. The van der Waals surface area contributed by atoms with Crippen molar-refractivity contribution < 1.29 is 4.79 Å². The fraction of sp³-hybridized carbons (Fsp3) is 0.455. The topological polar surface area (TPSA) is 49.0 Å². The molecule has 2 rings (SSSR count). The number of hydrogen-bond acceptors (Lipinski definition) is 2. The van der Waals surface area contributed by atoms with E-state index in [-0.39, 0.29) is 5.91 Å². The zero-order valence-electron chi connectivity index (χ0n) is 9.08. The minimum atomic E-state index is 0.145. The first-order valence-electron chi connectivity index (χ1n) is 5.13. The summed E-state index contributed by atoms with van der Waals surface area (Å²) in [4.78, 5) is 13.0. The van der Waals surface area contributed by atoms with Crippen molar-refractivity contribution in [2.75, 3.05) is 13.1 Å². The van der Waals surface area contributed by atoms with E-state index >= 15 is 0 Å². The Bertz CT molecular complexity index is 406. The Morgan fingerprint density at radius 3 is 2.87 bits per heavy atom. The van der Waals surface area contributed by atoms with Crippen LogP contribution in [0.3, 0.4) is 0 Å². The predicted molar refractivity (Wildman–Crippen MR) is 58.2 cm³/mol. The second-order valence-corrected chi connectivity index (χ2v) is 3.87. The normalized spacial score (nSPS) is 16.4. The van der Waals surface area contributed by atoms with Gasteiger partial charge in [-0.05, 0) is 24.5 Å². The van der Waals surface area contributed by atoms with Gasteiger partial charge in [-0.1, -0.05) is 6.08 Å². The van der Waals surface area contributed by atoms with Crippen molar-refractivity contribution in [1.82, 2.24) is 15.1 Å². The van der Waals surface area contributed by atoms with Crippen LogP contribution in [0.25, 0.3) is 5.57 Å². The van der Waals surface area contributed by atoms with Gasteiger partial charge in [-0.2, -0.15) is 5.10 Å². The maximum Gasteiger partial charge on any atom is 0.219 e. The highest BCUT2D eigenvalue weighted by Gasteiger charge is 2.16. The number of carbonyl (C=O) groups is 1. The molecular formula is C11H15N3O. The number of aromatic amines is 1. The van der Waals surface area contributed by atoms with Gasteiger partial charge in [0.15, 0.2) is 0 Å². The fourth-order valence-electron chi connectivity index (χ4n) is 1.85. The minimum Gasteiger partial charge on any atom is -0.339 e. The van der Waals surface area contributed by atoms with Crippen molar-refractivity contribution in [2.24, 2.45) is 0 Å². The Labute approximate surface area is 89.0 Å². The molecule has 0 fully saturated rings. The zero-order chi connectivity index (χ0) is 10.8. The van der Waals surface area contributed by atoms with Gasteiger partial charge >= 0.3 is 0 Å². The lowest BCUT2D eigenvalue weighted by Gasteiger charge is -2.25. The second kappa shape index (κ2) is 3.88. The molecule has 0 atom stereocenters. The second-order valence-electron chi connectivity index (χ2n) is 3.87. The van der Waals surface area contributed by atoms with E-state index in [1.807, 2.05) is 18.0 Å². The molecule has 80 valence electrons. The van der Waals surface area contributed by atoms with Crippen molar-refractivity contribution in [3.05, 3.63) is 23.5 Å². The summed E-state index contributed by atoms with van der Waals surface area (Å²) in [5, 5.41) is 7.00. The number of nitrogens with one attached hydrogen (secondary N) is 1. The van der Waals surface area contributed by atoms with Crippen LogP contribution in [-0.2, 0) is 4.79 Å². The smallest absolute Gasteiger partial charge is 0.219 e. The Morgan fingerprint density at radius 1 is 1.60 bits per heavy atom. The summed E-state index contributed by atoms with van der Waals surface area (Å²) >= 11 is 0. The van der Waals surface area contributed by atoms with Gasteiger partial charge in [0.2, 0.25) is 5.91 Å². The maximum atomic E-state index is 11.1. The maximum absolute atomic E-state index is 11.1. The summed E-state index contributed by atoms with van der Waals surface area (Å²) in [6, 6.07) is 0. The summed E-state index contributed by atoms with van der Waals surface area (Å²) in [6.45, 7) is 5.17. The molecule has 1 aliphatic heterocycles. The van der Waals surface area contributed by atoms with E-state index in [0.29, 0.717) is 6.54 Å². The van der Waals surface area contributed by atoms with Crippen LogP contribution in [0.5, 0.6) is 0 Å². The summed E-state index contributed by atoms with van der Waals surface area (Å²) in [7, 11) is 0. The van der Waals surface area contributed by atoms with Crippen molar-refractivity contribution in [3.63, 3.8) is 0 Å². The van der Waals surface area contributed by atoms with Crippen LogP contribution >= 0.6 is 0 Å². The molecule has 0 radical (unpaired) electrons. The quantitative estimate of drug-likeness (QED) is 0.752. The molecule has 1 aromatic heterocycles. The van der Waals surface area contributed by atoms with Gasteiger partial charge in [-0.3, -0.25) is 9.89 Å². The summed E-state index contributed by atoms with van der Waals surface area (Å²) in [5.74, 6) is 0.145. The molecule has 0 saturated carbocycles. The number of rotatable bonds is 1. The SMILES string of the molecule is CC(=O)N1CC=C(c2[nH]ncc2C)CC1. The largest absolute Gasteiger partial charge is 0.339 e. The summed E-state index contributed by atoms with van der Waals surface area (Å²) in [6.07, 6.45) is 4.83. The zero-order valence-corrected chi connectivity index (χ0v) is 9.08. The van der Waals surface area contributed by atoms with Gasteiger partial charge in [0.25, 0.3) is 0 Å². The molecule has 1 aliphatic rings. The number of nitrogens with zero attached hydrogens (tertiary/aromatic N) is 2. The number of aromatic nitrogens is 2. The van der Waals surface area contributed by atoms with Gasteiger partial charge in [0.05, 0.1) is 11.9 Å². The Balaban J connectivity index is 2.15. The molecule has 2 heterocycles. The fourth-order valence-corrected chi connectivity index (χ4v) is 1.85. The van der Waals surface area contributed by atoms with E-state index < -0.39 is 0 Å². The molecule has 15 heavy (non-hydrogen) atoms. The third-order valence-corrected chi connectivity index (χ3v) is 2.80. The van der Waals surface area contributed by atoms with Gasteiger partial charge < -0.3 is 4.90 Å². The standard InChI is InChI=1S/C11H15N3O/c1-8-7-12-13-11(8)10-3-5-14(6-4-10)9(2)15/h3,7H,4-6H2,1-2H3,(H,12,13). The molecule has 0 saturated heterocycles. The van der Waals surface area contributed by atoms with Crippen LogP contribution in [0.4, 0.5) is 0 Å². The van der Waals surface area contributed by atoms with E-state index in [4.69, 9.17) is 0 Å². The molecule has 1 aromatic rings. The monoisotopic (exact) mass is 205 g/mol. The van der Waals surface area contributed by atoms with Gasteiger partial charge in [-0.25, -0.2) is 0 Å². The highest BCUT2D eigenvalue weighted by atomic mass is 16.2. The van der Waals surface area contributed by atoms with Crippen LogP contribution in [0.2, 0.25) is 0 Å². The number of amides is 1. The average Bonchev–Trinajstić information content (AvgIpc) is 2.65. The lowest BCUT2D eigenvalue weighted by molar-refractivity contribution is -0.128. The first kappa shape index (κ1) is 9.96. The molecule has 0 bridgehead atoms. The van der Waals surface area contributed by atoms with E-state index in [9.17, 15) is 4.79 Å². The van der Waals surface area contributed by atoms with Crippen LogP contribution < -0.4 is 0 Å². The Kier molecular flexibility index (Phi) is 2.58. The molecule has 4 heteroatoms. The predicted octanol–water partition coefficient (Wildman–Crippen LogP) is 1.35. The van der Waals surface area contributed by atoms with E-state index in [1.165, 1.54) is 5.57 Å². The molecule has 0 aliphatic carbocycles. The average molecular weight is 205 g/mol. The highest BCUT2D eigenvalue weighted by molar-refractivity contribution is 5.75. The van der Waals surface area contributed by atoms with Crippen molar-refractivity contribution in [2.45, 2.75) is 20.3 Å². The van der Waals surface area contributed by atoms with Crippen molar-refractivity contribution in [3.8, 4) is 0 Å². The van der Waals surface area contributed by atoms with E-state index in [2.05, 4.69) is 16.3 Å². The molecule has 0 spiro atoms. The summed E-state index contributed by atoms with van der Waals surface area (Å²) < 4.78 is 0. The first-order valence-corrected chi connectivity index (χ1v) is 5.13. The molecule has 0 unspecified atom stereocenters. The van der Waals surface area contributed by atoms with Crippen LogP contribution in [0.15, 0.2) is 12.3 Å². The molecule has 1 amide bonds. The van der Waals surface area contributed by atoms with Crippen LogP contribution in [0.1, 0.15) is 24.6 Å². The summed E-state index contributed by atoms with van der Waals surface area (Å²) in [5.41, 5.74) is 3.54. The highest BCUT2D eigenvalue weighted by Crippen LogP contribution is 2.22. The molecule has 4 nitrogen and oxygen atoms in total. The van der Waals surface area contributed by atoms with Crippen LogP contribution in [0, 0.1) is 6.92 Å². The number of hydrogen-bond donors (Lipinski definition) is 1. The number of carbonyl (C=O) groups excluding carboxylic acids is 1. The minimum absolute atomic E-state index is 0.145. The third kappa shape index (κ3) is 1.93. The molecular weight excluding hydrogens is 190 g/mol. The van der Waals surface area contributed by atoms with Crippen molar-refractivity contribution in [1.29, 1.82) is 0 Å². The number of H-pyrrole nitrogens is 1. The lowest BCUT2D eigenvalue weighted by Crippen LogP contribution is -2.32. The Hall–Kier alpha value is -1.58. The van der Waals surface area contributed by atoms with Crippen LogP contribution in [-0.4, -0.2) is 34.1 Å². The van der Waals surface area contributed by atoms with Gasteiger partial charge in [-0.15, -0.1) is 0 Å². The lowest BCUT2D eigenvalue weighted by atomic mass is 10.0. The van der Waals surface area contributed by atoms with Gasteiger partial charge in [0.1, 0.15) is 0 Å². The van der Waals surface area contributed by atoms with E-state index in [0.717, 1.165) is 24.2 Å². The molecule has 0 aromatic carbocycles. The van der Waals surface area contributed by atoms with Gasteiger partial charge in [0, 0.05) is 20.0 Å². The first-order chi connectivity index (χ1) is 7.18. The van der Waals surface area contributed by atoms with Crippen molar-refractivity contribution >= 4 is 11.5 Å². The molecule has 1 N–H and O–H groups in total. The Morgan fingerprint density at radius 2 is 2.40 bits per heavy atom. The van der Waals surface area contributed by atoms with E-state index in [1.54, 1.807) is 6.92 Å².